The molecule has 1 aromatic rings. The highest BCUT2D eigenvalue weighted by Gasteiger charge is 2.36. The second kappa shape index (κ2) is 6.11. The van der Waals surface area contributed by atoms with Crippen molar-refractivity contribution in [2.75, 3.05) is 18.4 Å². The van der Waals surface area contributed by atoms with E-state index in [9.17, 15) is 9.59 Å². The third-order valence-corrected chi connectivity index (χ3v) is 4.79. The van der Waals surface area contributed by atoms with Crippen molar-refractivity contribution in [2.45, 2.75) is 39.5 Å². The van der Waals surface area contributed by atoms with Crippen LogP contribution in [0.5, 0.6) is 0 Å². The van der Waals surface area contributed by atoms with Crippen LogP contribution in [0.25, 0.3) is 0 Å². The molecule has 1 aliphatic carbocycles. The molecule has 1 saturated carbocycles. The van der Waals surface area contributed by atoms with Crippen LogP contribution in [-0.2, 0) is 4.79 Å². The number of anilines is 1. The van der Waals surface area contributed by atoms with Gasteiger partial charge in [0.1, 0.15) is 5.78 Å². The van der Waals surface area contributed by atoms with Crippen LogP contribution in [0, 0.1) is 25.7 Å². The van der Waals surface area contributed by atoms with Gasteiger partial charge >= 0.3 is 6.03 Å². The molecule has 1 saturated heterocycles. The summed E-state index contributed by atoms with van der Waals surface area (Å²) in [5.74, 6) is 0.952. The molecule has 0 unspecified atom stereocenters. The lowest BCUT2D eigenvalue weighted by Crippen LogP contribution is -2.42. The van der Waals surface area contributed by atoms with Gasteiger partial charge in [-0.05, 0) is 51.2 Å². The fraction of sp³-hybridized carbons (Fsp3) is 0.556. The lowest BCUT2D eigenvalue weighted by atomic mass is 9.90. The molecular formula is C18H24N2O2. The summed E-state index contributed by atoms with van der Waals surface area (Å²) in [6.45, 7) is 5.41. The molecule has 0 aromatic heterocycles. The van der Waals surface area contributed by atoms with Crippen molar-refractivity contribution in [2.24, 2.45) is 11.8 Å². The van der Waals surface area contributed by atoms with Gasteiger partial charge in [0.25, 0.3) is 0 Å². The molecule has 3 rings (SSSR count). The Morgan fingerprint density at radius 3 is 2.27 bits per heavy atom. The van der Waals surface area contributed by atoms with Gasteiger partial charge in [0.15, 0.2) is 0 Å². The highest BCUT2D eigenvalue weighted by Crippen LogP contribution is 2.35. The molecule has 0 atom stereocenters. The molecule has 2 fully saturated rings. The van der Waals surface area contributed by atoms with E-state index in [1.54, 1.807) is 0 Å². The smallest absolute Gasteiger partial charge is 0.321 e. The zero-order chi connectivity index (χ0) is 15.7. The predicted octanol–water partition coefficient (Wildman–Crippen LogP) is 3.53. The lowest BCUT2D eigenvalue weighted by molar-refractivity contribution is -0.125. The first-order valence-corrected chi connectivity index (χ1v) is 8.21. The van der Waals surface area contributed by atoms with Crippen molar-refractivity contribution in [3.63, 3.8) is 0 Å². The second-order valence-corrected chi connectivity index (χ2v) is 6.69. The van der Waals surface area contributed by atoms with Crippen LogP contribution >= 0.6 is 0 Å². The molecule has 4 nitrogen and oxygen atoms in total. The maximum atomic E-state index is 12.4. The van der Waals surface area contributed by atoms with E-state index in [0.29, 0.717) is 24.8 Å². The molecule has 2 aliphatic rings. The number of hydrogen-bond acceptors (Lipinski definition) is 2. The monoisotopic (exact) mass is 300 g/mol. The van der Waals surface area contributed by atoms with E-state index >= 15 is 0 Å². The Bertz CT molecular complexity index is 585. The number of amides is 2. The minimum Gasteiger partial charge on any atom is -0.324 e. The number of nitrogens with zero attached hydrogens (tertiary/aromatic N) is 1. The predicted molar refractivity (Wildman–Crippen MR) is 87.0 cm³/mol. The number of nitrogens with one attached hydrogen (secondary N) is 1. The van der Waals surface area contributed by atoms with Gasteiger partial charge in [-0.1, -0.05) is 17.7 Å². The summed E-state index contributed by atoms with van der Waals surface area (Å²) in [5, 5.41) is 2.99. The second-order valence-electron chi connectivity index (χ2n) is 6.69. The van der Waals surface area contributed by atoms with E-state index in [4.69, 9.17) is 0 Å². The Morgan fingerprint density at radius 2 is 1.68 bits per heavy atom. The average Bonchev–Trinajstić information content (AvgIpc) is 3.34. The molecule has 0 bridgehead atoms. The normalized spacial score (nSPS) is 19.1. The minimum absolute atomic E-state index is 0.0516. The highest BCUT2D eigenvalue weighted by atomic mass is 16.2. The molecule has 118 valence electrons. The Kier molecular flexibility index (Phi) is 4.19. The van der Waals surface area contributed by atoms with Gasteiger partial charge in [-0.2, -0.15) is 0 Å². The van der Waals surface area contributed by atoms with Gasteiger partial charge in [0, 0.05) is 30.6 Å². The molecule has 0 spiro atoms. The van der Waals surface area contributed by atoms with Crippen LogP contribution in [0.4, 0.5) is 10.5 Å². The van der Waals surface area contributed by atoms with E-state index < -0.39 is 0 Å². The van der Waals surface area contributed by atoms with Gasteiger partial charge in [-0.3, -0.25) is 4.79 Å². The molecule has 1 N–H and O–H groups in total. The van der Waals surface area contributed by atoms with Crippen molar-refractivity contribution >= 4 is 17.5 Å². The van der Waals surface area contributed by atoms with Crippen molar-refractivity contribution < 1.29 is 9.59 Å². The Labute approximate surface area is 131 Å². The Morgan fingerprint density at radius 1 is 1.05 bits per heavy atom. The van der Waals surface area contributed by atoms with Crippen molar-refractivity contribution in [3.05, 3.63) is 29.3 Å². The number of ketones is 1. The topological polar surface area (TPSA) is 49.4 Å². The summed E-state index contributed by atoms with van der Waals surface area (Å²) in [6.07, 6.45) is 3.78. The van der Waals surface area contributed by atoms with Gasteiger partial charge in [-0.15, -0.1) is 0 Å². The summed E-state index contributed by atoms with van der Waals surface area (Å²) in [6, 6.07) is 5.97. The molecule has 1 aliphatic heterocycles. The number of benzene rings is 1. The number of likely N-dealkylation sites (tertiary alicyclic amines) is 1. The molecule has 22 heavy (non-hydrogen) atoms. The van der Waals surface area contributed by atoms with Crippen molar-refractivity contribution in [1.82, 2.24) is 4.90 Å². The van der Waals surface area contributed by atoms with E-state index in [0.717, 1.165) is 36.9 Å². The third-order valence-electron chi connectivity index (χ3n) is 4.79. The van der Waals surface area contributed by atoms with Gasteiger partial charge in [0.2, 0.25) is 0 Å². The fourth-order valence-electron chi connectivity index (χ4n) is 3.22. The maximum Gasteiger partial charge on any atom is 0.321 e. The zero-order valence-corrected chi connectivity index (χ0v) is 13.4. The van der Waals surface area contributed by atoms with Crippen LogP contribution < -0.4 is 5.32 Å². The number of rotatable bonds is 3. The standard InChI is InChI=1S/C18H24N2O2/c1-12-3-6-16(13(2)11-12)19-18(22)20-9-7-15(8-10-20)17(21)14-4-5-14/h3,6,11,14-15H,4-5,7-10H2,1-2H3,(H,19,22). The number of hydrogen-bond donors (Lipinski definition) is 1. The number of carbonyl (C=O) groups is 2. The quantitative estimate of drug-likeness (QED) is 0.928. The average molecular weight is 300 g/mol. The van der Waals surface area contributed by atoms with Gasteiger partial charge < -0.3 is 10.2 Å². The van der Waals surface area contributed by atoms with Gasteiger partial charge in [0.05, 0.1) is 0 Å². The molecule has 1 aromatic carbocycles. The van der Waals surface area contributed by atoms with Crippen LogP contribution in [0.1, 0.15) is 36.8 Å². The summed E-state index contributed by atoms with van der Waals surface area (Å²) >= 11 is 0. The first-order valence-electron chi connectivity index (χ1n) is 8.21. The fourth-order valence-corrected chi connectivity index (χ4v) is 3.22. The number of urea groups is 1. The van der Waals surface area contributed by atoms with Crippen LogP contribution in [0.2, 0.25) is 0 Å². The number of carbonyl (C=O) groups excluding carboxylic acids is 2. The summed E-state index contributed by atoms with van der Waals surface area (Å²) < 4.78 is 0. The van der Waals surface area contributed by atoms with Crippen LogP contribution in [0.3, 0.4) is 0 Å². The Balaban J connectivity index is 1.54. The first-order chi connectivity index (χ1) is 10.5. The summed E-state index contributed by atoms with van der Waals surface area (Å²) in [4.78, 5) is 26.3. The summed E-state index contributed by atoms with van der Waals surface area (Å²) in [5.41, 5.74) is 3.13. The molecule has 0 radical (unpaired) electrons. The molecule has 2 amide bonds. The van der Waals surface area contributed by atoms with E-state index in [2.05, 4.69) is 11.4 Å². The van der Waals surface area contributed by atoms with Crippen LogP contribution in [-0.4, -0.2) is 29.8 Å². The van der Waals surface area contributed by atoms with Gasteiger partial charge in [-0.25, -0.2) is 4.79 Å². The lowest BCUT2D eigenvalue weighted by Gasteiger charge is -2.31. The van der Waals surface area contributed by atoms with Crippen LogP contribution in [0.15, 0.2) is 18.2 Å². The molecule has 4 heteroatoms. The van der Waals surface area contributed by atoms with E-state index in [-0.39, 0.29) is 11.9 Å². The summed E-state index contributed by atoms with van der Waals surface area (Å²) in [7, 11) is 0. The number of aryl methyl sites for hydroxylation is 2. The maximum absolute atomic E-state index is 12.4. The highest BCUT2D eigenvalue weighted by molar-refractivity contribution is 5.90. The van der Waals surface area contributed by atoms with Crippen molar-refractivity contribution in [1.29, 1.82) is 0 Å². The minimum atomic E-state index is -0.0516. The van der Waals surface area contributed by atoms with Crippen molar-refractivity contribution in [3.8, 4) is 0 Å². The van der Waals surface area contributed by atoms with E-state index in [1.165, 1.54) is 5.56 Å². The largest absolute Gasteiger partial charge is 0.324 e. The zero-order valence-electron chi connectivity index (χ0n) is 13.4. The SMILES string of the molecule is Cc1ccc(NC(=O)N2CCC(C(=O)C3CC3)CC2)c(C)c1. The number of piperidine rings is 1. The molecular weight excluding hydrogens is 276 g/mol. The Hall–Kier alpha value is -1.84. The molecule has 1 heterocycles. The van der Waals surface area contributed by atoms with E-state index in [1.807, 2.05) is 30.9 Å². The first kappa shape index (κ1) is 15.1. The third kappa shape index (κ3) is 3.32. The number of Topliss-reactive ketones (excluding diaryl/α,β-unsaturated/α-hetero) is 1.